The zero-order valence-electron chi connectivity index (χ0n) is 14.9. The molecular formula is C18H25ClN4OS2. The number of carbonyl (C=O) groups is 1. The van der Waals surface area contributed by atoms with Gasteiger partial charge in [0, 0.05) is 17.0 Å². The van der Waals surface area contributed by atoms with E-state index in [1.165, 1.54) is 30.6 Å². The molecule has 2 aromatic heterocycles. The van der Waals surface area contributed by atoms with Gasteiger partial charge in [-0.25, -0.2) is 9.97 Å². The number of hydrogen-bond acceptors (Lipinski definition) is 6. The van der Waals surface area contributed by atoms with Crippen LogP contribution in [0.25, 0.3) is 0 Å². The van der Waals surface area contributed by atoms with Crippen LogP contribution in [-0.4, -0.2) is 29.0 Å². The van der Waals surface area contributed by atoms with Gasteiger partial charge in [0.25, 0.3) is 5.91 Å². The molecule has 1 amide bonds. The SMILES string of the molecule is Cc1nc(C2CCCC2)sc1C(=O)Nc1ncc(C2CCNCC2)s1.Cl. The molecular weight excluding hydrogens is 388 g/mol. The van der Waals surface area contributed by atoms with E-state index < -0.39 is 0 Å². The van der Waals surface area contributed by atoms with Crippen LogP contribution in [0.1, 0.15) is 75.6 Å². The molecule has 2 fully saturated rings. The number of hydrogen-bond donors (Lipinski definition) is 2. The zero-order chi connectivity index (χ0) is 17.2. The zero-order valence-corrected chi connectivity index (χ0v) is 17.4. The summed E-state index contributed by atoms with van der Waals surface area (Å²) in [6.07, 6.45) is 9.20. The maximum Gasteiger partial charge on any atom is 0.269 e. The van der Waals surface area contributed by atoms with Crippen molar-refractivity contribution in [3.8, 4) is 0 Å². The minimum Gasteiger partial charge on any atom is -0.317 e. The number of aryl methyl sites for hydroxylation is 1. The van der Waals surface area contributed by atoms with Crippen molar-refractivity contribution in [2.24, 2.45) is 0 Å². The van der Waals surface area contributed by atoms with Crippen molar-refractivity contribution in [1.82, 2.24) is 15.3 Å². The van der Waals surface area contributed by atoms with Crippen molar-refractivity contribution in [1.29, 1.82) is 0 Å². The molecule has 0 unspecified atom stereocenters. The molecule has 1 aliphatic heterocycles. The average molecular weight is 413 g/mol. The van der Waals surface area contributed by atoms with Crippen LogP contribution in [0.4, 0.5) is 5.13 Å². The molecule has 0 radical (unpaired) electrons. The Morgan fingerprint density at radius 3 is 2.62 bits per heavy atom. The van der Waals surface area contributed by atoms with Crippen molar-refractivity contribution in [3.63, 3.8) is 0 Å². The van der Waals surface area contributed by atoms with Crippen molar-refractivity contribution in [2.75, 3.05) is 18.4 Å². The van der Waals surface area contributed by atoms with E-state index in [9.17, 15) is 4.79 Å². The highest BCUT2D eigenvalue weighted by Crippen LogP contribution is 2.37. The van der Waals surface area contributed by atoms with E-state index in [1.807, 2.05) is 13.1 Å². The van der Waals surface area contributed by atoms with Gasteiger partial charge in [-0.1, -0.05) is 12.8 Å². The molecule has 1 aliphatic carbocycles. The van der Waals surface area contributed by atoms with Crippen LogP contribution in [-0.2, 0) is 0 Å². The second-order valence-electron chi connectivity index (χ2n) is 6.99. The van der Waals surface area contributed by atoms with Crippen LogP contribution in [0, 0.1) is 6.92 Å². The summed E-state index contributed by atoms with van der Waals surface area (Å²) in [6, 6.07) is 0. The van der Waals surface area contributed by atoms with E-state index in [2.05, 4.69) is 20.6 Å². The summed E-state index contributed by atoms with van der Waals surface area (Å²) in [7, 11) is 0. The van der Waals surface area contributed by atoms with Crippen LogP contribution in [0.15, 0.2) is 6.20 Å². The van der Waals surface area contributed by atoms with E-state index in [1.54, 1.807) is 22.7 Å². The molecule has 142 valence electrons. The van der Waals surface area contributed by atoms with Gasteiger partial charge in [-0.2, -0.15) is 0 Å². The van der Waals surface area contributed by atoms with Gasteiger partial charge in [0.2, 0.25) is 0 Å². The monoisotopic (exact) mass is 412 g/mol. The fourth-order valence-electron chi connectivity index (χ4n) is 3.77. The lowest BCUT2D eigenvalue weighted by atomic mass is 9.97. The first-order valence-electron chi connectivity index (χ1n) is 9.16. The minimum atomic E-state index is -0.0644. The summed E-state index contributed by atoms with van der Waals surface area (Å²) in [6.45, 7) is 4.06. The van der Waals surface area contributed by atoms with E-state index in [4.69, 9.17) is 0 Å². The van der Waals surface area contributed by atoms with Gasteiger partial charge in [0.05, 0.1) is 10.7 Å². The molecule has 2 N–H and O–H groups in total. The number of nitrogens with one attached hydrogen (secondary N) is 2. The molecule has 0 bridgehead atoms. The van der Waals surface area contributed by atoms with Gasteiger partial charge in [-0.15, -0.1) is 35.1 Å². The predicted molar refractivity (Wildman–Crippen MR) is 110 cm³/mol. The standard InChI is InChI=1S/C18H24N4OS2.ClH/c1-11-15(25-17(21-11)13-4-2-3-5-13)16(23)22-18-20-10-14(24-18)12-6-8-19-9-7-12;/h10,12-13,19H,2-9H2,1H3,(H,20,22,23);1H. The first-order chi connectivity index (χ1) is 12.2. The lowest BCUT2D eigenvalue weighted by molar-refractivity contribution is 0.103. The topological polar surface area (TPSA) is 66.9 Å². The third-order valence-corrected chi connectivity index (χ3v) is 7.60. The van der Waals surface area contributed by atoms with E-state index in [0.717, 1.165) is 41.5 Å². The third-order valence-electron chi connectivity index (χ3n) is 5.21. The van der Waals surface area contributed by atoms with E-state index in [-0.39, 0.29) is 18.3 Å². The van der Waals surface area contributed by atoms with Gasteiger partial charge in [-0.3, -0.25) is 10.1 Å². The molecule has 0 atom stereocenters. The fourth-order valence-corrected chi connectivity index (χ4v) is 5.88. The van der Waals surface area contributed by atoms with Crippen molar-refractivity contribution >= 4 is 46.1 Å². The number of rotatable bonds is 4. The summed E-state index contributed by atoms with van der Waals surface area (Å²) in [5.41, 5.74) is 0.847. The van der Waals surface area contributed by atoms with Crippen molar-refractivity contribution in [3.05, 3.63) is 26.7 Å². The van der Waals surface area contributed by atoms with Crippen LogP contribution >= 0.6 is 35.1 Å². The first-order valence-corrected chi connectivity index (χ1v) is 10.8. The van der Waals surface area contributed by atoms with Crippen LogP contribution in [0.2, 0.25) is 0 Å². The summed E-state index contributed by atoms with van der Waals surface area (Å²) < 4.78 is 0. The molecule has 1 saturated heterocycles. The number of thiazole rings is 2. The smallest absolute Gasteiger partial charge is 0.269 e. The highest BCUT2D eigenvalue weighted by Gasteiger charge is 2.24. The van der Waals surface area contributed by atoms with Gasteiger partial charge in [-0.05, 0) is 51.6 Å². The maximum absolute atomic E-state index is 12.7. The molecule has 0 aromatic carbocycles. The molecule has 2 aliphatic rings. The molecule has 4 rings (SSSR count). The van der Waals surface area contributed by atoms with Crippen LogP contribution < -0.4 is 10.6 Å². The Hall–Kier alpha value is -1.02. The number of amides is 1. The number of piperidine rings is 1. The Balaban J connectivity index is 0.00000196. The van der Waals surface area contributed by atoms with Gasteiger partial charge < -0.3 is 5.32 Å². The van der Waals surface area contributed by atoms with Gasteiger partial charge in [0.15, 0.2) is 5.13 Å². The van der Waals surface area contributed by atoms with Gasteiger partial charge >= 0.3 is 0 Å². The fraction of sp³-hybridized carbons (Fsp3) is 0.611. The Morgan fingerprint density at radius 2 is 1.88 bits per heavy atom. The number of aromatic nitrogens is 2. The minimum absolute atomic E-state index is 0. The van der Waals surface area contributed by atoms with E-state index in [0.29, 0.717) is 17.0 Å². The van der Waals surface area contributed by atoms with Crippen molar-refractivity contribution < 1.29 is 4.79 Å². The Bertz CT molecular complexity index is 748. The first kappa shape index (κ1) is 19.7. The second-order valence-corrected chi connectivity index (χ2v) is 9.09. The van der Waals surface area contributed by atoms with Crippen LogP contribution in [0.3, 0.4) is 0 Å². The molecule has 3 heterocycles. The predicted octanol–water partition coefficient (Wildman–Crippen LogP) is 4.71. The quantitative estimate of drug-likeness (QED) is 0.763. The Labute approximate surface area is 168 Å². The summed E-state index contributed by atoms with van der Waals surface area (Å²) in [4.78, 5) is 23.8. The van der Waals surface area contributed by atoms with E-state index >= 15 is 0 Å². The second kappa shape index (κ2) is 8.78. The summed E-state index contributed by atoms with van der Waals surface area (Å²) in [5, 5.41) is 8.21. The molecule has 0 spiro atoms. The number of carbonyl (C=O) groups excluding carboxylic acids is 1. The molecule has 8 heteroatoms. The average Bonchev–Trinajstić information content (AvgIpc) is 3.35. The normalized spacial score (nSPS) is 18.7. The lowest BCUT2D eigenvalue weighted by Gasteiger charge is -2.20. The maximum atomic E-state index is 12.7. The number of halogens is 1. The summed E-state index contributed by atoms with van der Waals surface area (Å²) >= 11 is 3.18. The number of anilines is 1. The molecule has 1 saturated carbocycles. The highest BCUT2D eigenvalue weighted by atomic mass is 35.5. The number of nitrogens with zero attached hydrogens (tertiary/aromatic N) is 2. The lowest BCUT2D eigenvalue weighted by Crippen LogP contribution is -2.26. The highest BCUT2D eigenvalue weighted by molar-refractivity contribution is 7.16. The third kappa shape index (κ3) is 4.27. The Morgan fingerprint density at radius 1 is 1.15 bits per heavy atom. The van der Waals surface area contributed by atoms with Crippen molar-refractivity contribution in [2.45, 2.75) is 57.3 Å². The Kier molecular flexibility index (Phi) is 6.66. The largest absolute Gasteiger partial charge is 0.317 e. The molecule has 5 nitrogen and oxygen atoms in total. The molecule has 2 aromatic rings. The molecule has 26 heavy (non-hydrogen) atoms. The van der Waals surface area contributed by atoms with Gasteiger partial charge in [0.1, 0.15) is 4.88 Å². The van der Waals surface area contributed by atoms with Crippen LogP contribution in [0.5, 0.6) is 0 Å². The summed E-state index contributed by atoms with van der Waals surface area (Å²) in [5.74, 6) is 1.06.